The van der Waals surface area contributed by atoms with Crippen LogP contribution in [0.25, 0.3) is 0 Å². The largest absolute Gasteiger partial charge is 0.381 e. The molecule has 14 heavy (non-hydrogen) atoms. The molecule has 0 radical (unpaired) electrons. The molecule has 3 nitrogen and oxygen atoms in total. The van der Waals surface area contributed by atoms with Crippen LogP contribution in [-0.4, -0.2) is 51.3 Å². The third-order valence-corrected chi connectivity index (χ3v) is 2.90. The average molecular weight is 200 g/mol. The molecule has 1 fully saturated rings. The lowest BCUT2D eigenvalue weighted by Gasteiger charge is -2.28. The minimum absolute atomic E-state index is 0.574. The number of nitrogens with one attached hydrogen (secondary N) is 1. The molecule has 1 saturated heterocycles. The summed E-state index contributed by atoms with van der Waals surface area (Å²) in [5.41, 5.74) is 0. The minimum atomic E-state index is 0.574. The molecule has 0 aliphatic carbocycles. The van der Waals surface area contributed by atoms with Gasteiger partial charge < -0.3 is 15.0 Å². The molecule has 0 bridgehead atoms. The Balaban J connectivity index is 2.14. The highest BCUT2D eigenvalue weighted by molar-refractivity contribution is 4.69. The predicted octanol–water partition coefficient (Wildman–Crippen LogP) is 0.953. The molecule has 1 aliphatic rings. The van der Waals surface area contributed by atoms with E-state index in [-0.39, 0.29) is 0 Å². The fourth-order valence-corrected chi connectivity index (χ4v) is 2.03. The normalized spacial score (nSPS) is 25.3. The van der Waals surface area contributed by atoms with Crippen molar-refractivity contribution in [3.8, 4) is 0 Å². The van der Waals surface area contributed by atoms with Gasteiger partial charge in [0.1, 0.15) is 0 Å². The molecule has 2 unspecified atom stereocenters. The van der Waals surface area contributed by atoms with Crippen molar-refractivity contribution in [3.63, 3.8) is 0 Å². The summed E-state index contributed by atoms with van der Waals surface area (Å²) in [6.07, 6.45) is 2.57. The average Bonchev–Trinajstić information content (AvgIpc) is 2.19. The van der Waals surface area contributed by atoms with E-state index in [1.165, 1.54) is 19.4 Å². The third-order valence-electron chi connectivity index (χ3n) is 2.90. The van der Waals surface area contributed by atoms with E-state index in [9.17, 15) is 0 Å². The van der Waals surface area contributed by atoms with Gasteiger partial charge in [0.15, 0.2) is 0 Å². The smallest absolute Gasteiger partial charge is 0.0506 e. The van der Waals surface area contributed by atoms with Crippen LogP contribution in [0, 0.1) is 5.92 Å². The highest BCUT2D eigenvalue weighted by Crippen LogP contribution is 2.14. The van der Waals surface area contributed by atoms with Crippen LogP contribution in [0.15, 0.2) is 0 Å². The molecular weight excluding hydrogens is 176 g/mol. The lowest BCUT2D eigenvalue weighted by Crippen LogP contribution is -2.39. The number of hydrogen-bond donors (Lipinski definition) is 1. The van der Waals surface area contributed by atoms with Crippen molar-refractivity contribution < 1.29 is 4.74 Å². The quantitative estimate of drug-likeness (QED) is 0.715. The zero-order valence-corrected chi connectivity index (χ0v) is 9.75. The van der Waals surface area contributed by atoms with Crippen LogP contribution < -0.4 is 5.32 Å². The summed E-state index contributed by atoms with van der Waals surface area (Å²) < 4.78 is 5.47. The first kappa shape index (κ1) is 12.0. The van der Waals surface area contributed by atoms with Crippen molar-refractivity contribution in [2.75, 3.05) is 40.4 Å². The molecule has 0 spiro atoms. The number of likely N-dealkylation sites (N-methyl/N-ethyl adjacent to an activating group) is 2. The van der Waals surface area contributed by atoms with Crippen molar-refractivity contribution in [1.29, 1.82) is 0 Å². The van der Waals surface area contributed by atoms with Crippen LogP contribution in [0.5, 0.6) is 0 Å². The molecule has 3 heteroatoms. The monoisotopic (exact) mass is 200 g/mol. The van der Waals surface area contributed by atoms with E-state index in [1.807, 2.05) is 7.05 Å². The molecule has 0 aromatic rings. The van der Waals surface area contributed by atoms with Crippen molar-refractivity contribution in [2.24, 2.45) is 5.92 Å². The molecule has 2 atom stereocenters. The van der Waals surface area contributed by atoms with E-state index >= 15 is 0 Å². The number of nitrogens with zero attached hydrogens (tertiary/aromatic N) is 1. The Labute approximate surface area is 87.8 Å². The molecule has 1 rings (SSSR count). The first-order chi connectivity index (χ1) is 6.72. The summed E-state index contributed by atoms with van der Waals surface area (Å²) in [5, 5.41) is 3.26. The van der Waals surface area contributed by atoms with E-state index in [0.717, 1.165) is 25.7 Å². The van der Waals surface area contributed by atoms with E-state index in [0.29, 0.717) is 6.04 Å². The summed E-state index contributed by atoms with van der Waals surface area (Å²) in [7, 11) is 4.21. The number of ether oxygens (including phenoxy) is 1. The molecule has 0 aromatic carbocycles. The van der Waals surface area contributed by atoms with Gasteiger partial charge in [-0.3, -0.25) is 0 Å². The standard InChI is InChI=1S/C11H24N2O/c1-10(12-2)7-13(3)8-11-5-4-6-14-9-11/h10-12H,4-9H2,1-3H3. The van der Waals surface area contributed by atoms with Gasteiger partial charge in [0.2, 0.25) is 0 Å². The Hall–Kier alpha value is -0.120. The molecule has 1 N–H and O–H groups in total. The molecule has 0 saturated carbocycles. The van der Waals surface area contributed by atoms with Crippen LogP contribution in [0.2, 0.25) is 0 Å². The van der Waals surface area contributed by atoms with Gasteiger partial charge >= 0.3 is 0 Å². The van der Waals surface area contributed by atoms with Gasteiger partial charge in [0.25, 0.3) is 0 Å². The summed E-state index contributed by atoms with van der Waals surface area (Å²) in [4.78, 5) is 2.40. The second-order valence-electron chi connectivity index (χ2n) is 4.49. The van der Waals surface area contributed by atoms with Crippen LogP contribution in [0.1, 0.15) is 19.8 Å². The van der Waals surface area contributed by atoms with Crippen LogP contribution >= 0.6 is 0 Å². The van der Waals surface area contributed by atoms with Crippen LogP contribution in [-0.2, 0) is 4.74 Å². The van der Waals surface area contributed by atoms with Gasteiger partial charge in [-0.25, -0.2) is 0 Å². The first-order valence-electron chi connectivity index (χ1n) is 5.66. The van der Waals surface area contributed by atoms with E-state index in [2.05, 4.69) is 24.2 Å². The maximum Gasteiger partial charge on any atom is 0.0506 e. The predicted molar refractivity (Wildman–Crippen MR) is 59.6 cm³/mol. The number of hydrogen-bond acceptors (Lipinski definition) is 3. The maximum absolute atomic E-state index is 5.47. The Morgan fingerprint density at radius 1 is 1.57 bits per heavy atom. The molecular formula is C11H24N2O. The van der Waals surface area contributed by atoms with Gasteiger partial charge in [0.05, 0.1) is 6.61 Å². The zero-order valence-electron chi connectivity index (χ0n) is 9.75. The molecule has 0 amide bonds. The highest BCUT2D eigenvalue weighted by Gasteiger charge is 2.16. The second kappa shape index (κ2) is 6.38. The van der Waals surface area contributed by atoms with Crippen molar-refractivity contribution in [1.82, 2.24) is 10.2 Å². The zero-order chi connectivity index (χ0) is 10.4. The fourth-order valence-electron chi connectivity index (χ4n) is 2.03. The van der Waals surface area contributed by atoms with Crippen molar-refractivity contribution in [2.45, 2.75) is 25.8 Å². The Morgan fingerprint density at radius 2 is 2.36 bits per heavy atom. The van der Waals surface area contributed by atoms with Crippen molar-refractivity contribution >= 4 is 0 Å². The van der Waals surface area contributed by atoms with Gasteiger partial charge in [-0.05, 0) is 39.8 Å². The van der Waals surface area contributed by atoms with Crippen molar-refractivity contribution in [3.05, 3.63) is 0 Å². The van der Waals surface area contributed by atoms with Gasteiger partial charge in [-0.2, -0.15) is 0 Å². The van der Waals surface area contributed by atoms with E-state index in [4.69, 9.17) is 4.74 Å². The minimum Gasteiger partial charge on any atom is -0.381 e. The lowest BCUT2D eigenvalue weighted by atomic mass is 10.0. The SMILES string of the molecule is CNC(C)CN(C)CC1CCCOC1. The second-order valence-corrected chi connectivity index (χ2v) is 4.49. The third kappa shape index (κ3) is 4.40. The maximum atomic E-state index is 5.47. The van der Waals surface area contributed by atoms with E-state index in [1.54, 1.807) is 0 Å². The first-order valence-corrected chi connectivity index (χ1v) is 5.66. The summed E-state index contributed by atoms with van der Waals surface area (Å²) in [6, 6.07) is 0.574. The summed E-state index contributed by atoms with van der Waals surface area (Å²) >= 11 is 0. The topological polar surface area (TPSA) is 24.5 Å². The molecule has 1 heterocycles. The molecule has 84 valence electrons. The van der Waals surface area contributed by atoms with Crippen LogP contribution in [0.3, 0.4) is 0 Å². The van der Waals surface area contributed by atoms with Gasteiger partial charge in [-0.1, -0.05) is 0 Å². The Kier molecular flexibility index (Phi) is 5.45. The summed E-state index contributed by atoms with van der Waals surface area (Å²) in [5.74, 6) is 0.748. The van der Waals surface area contributed by atoms with Gasteiger partial charge in [-0.15, -0.1) is 0 Å². The lowest BCUT2D eigenvalue weighted by molar-refractivity contribution is 0.0413. The highest BCUT2D eigenvalue weighted by atomic mass is 16.5. The number of rotatable bonds is 5. The summed E-state index contributed by atoms with van der Waals surface area (Å²) in [6.45, 7) is 6.43. The Bertz CT molecular complexity index is 146. The fraction of sp³-hybridized carbons (Fsp3) is 1.00. The Morgan fingerprint density at radius 3 is 2.93 bits per heavy atom. The molecule has 1 aliphatic heterocycles. The van der Waals surface area contributed by atoms with Crippen LogP contribution in [0.4, 0.5) is 0 Å². The van der Waals surface area contributed by atoms with Gasteiger partial charge in [0, 0.05) is 25.7 Å². The van der Waals surface area contributed by atoms with E-state index < -0.39 is 0 Å². The molecule has 0 aromatic heterocycles.